The number of para-hydroxylation sites is 1. The number of amides is 1. The predicted molar refractivity (Wildman–Crippen MR) is 94.9 cm³/mol. The molecule has 2 aromatic carbocycles. The van der Waals surface area contributed by atoms with E-state index in [0.29, 0.717) is 11.7 Å². The zero-order valence-corrected chi connectivity index (χ0v) is 14.0. The van der Waals surface area contributed by atoms with Crippen LogP contribution in [-0.4, -0.2) is 37.5 Å². The van der Waals surface area contributed by atoms with Crippen LogP contribution in [0.15, 0.2) is 60.7 Å². The fraction of sp³-hybridized carbons (Fsp3) is 0.350. The van der Waals surface area contributed by atoms with Gasteiger partial charge >= 0.3 is 0 Å². The Bertz CT molecular complexity index is 645. The van der Waals surface area contributed by atoms with E-state index in [1.54, 1.807) is 0 Å². The number of carbonyl (C=O) groups is 1. The summed E-state index contributed by atoms with van der Waals surface area (Å²) >= 11 is 0. The van der Waals surface area contributed by atoms with Crippen LogP contribution < -0.4 is 10.1 Å². The molecule has 4 nitrogen and oxygen atoms in total. The smallest absolute Gasteiger partial charge is 0.268 e. The number of hydrogen-bond donors (Lipinski definition) is 1. The molecule has 0 aliphatic carbocycles. The van der Waals surface area contributed by atoms with Gasteiger partial charge in [-0.2, -0.15) is 0 Å². The molecule has 24 heavy (non-hydrogen) atoms. The molecule has 2 aromatic rings. The van der Waals surface area contributed by atoms with Gasteiger partial charge in [0.25, 0.3) is 5.91 Å². The molecule has 0 spiro atoms. The molecule has 1 fully saturated rings. The van der Waals surface area contributed by atoms with Gasteiger partial charge < -0.3 is 15.0 Å². The fourth-order valence-corrected chi connectivity index (χ4v) is 3.18. The molecule has 0 bridgehead atoms. The SMILES string of the molecule is CNCC1CCN(C(=O)C(Oc2ccccc2)c2ccccc2)C1. The van der Waals surface area contributed by atoms with Crippen molar-refractivity contribution in [2.24, 2.45) is 5.92 Å². The molecule has 3 rings (SSSR count). The molecule has 1 aliphatic heterocycles. The highest BCUT2D eigenvalue weighted by atomic mass is 16.5. The molecular weight excluding hydrogens is 300 g/mol. The van der Waals surface area contributed by atoms with E-state index in [1.165, 1.54) is 0 Å². The van der Waals surface area contributed by atoms with E-state index < -0.39 is 6.10 Å². The Kier molecular flexibility index (Phi) is 5.49. The summed E-state index contributed by atoms with van der Waals surface area (Å²) in [6.07, 6.45) is 0.446. The Morgan fingerprint density at radius 2 is 1.83 bits per heavy atom. The monoisotopic (exact) mass is 324 g/mol. The standard InChI is InChI=1S/C20H24N2O2/c1-21-14-16-12-13-22(15-16)20(23)19(17-8-4-2-5-9-17)24-18-10-6-3-7-11-18/h2-11,16,19,21H,12-15H2,1H3. The van der Waals surface area contributed by atoms with Crippen molar-refractivity contribution in [2.75, 3.05) is 26.7 Å². The van der Waals surface area contributed by atoms with Gasteiger partial charge in [0.2, 0.25) is 6.10 Å². The van der Waals surface area contributed by atoms with E-state index in [1.807, 2.05) is 72.6 Å². The Morgan fingerprint density at radius 1 is 1.17 bits per heavy atom. The van der Waals surface area contributed by atoms with Crippen LogP contribution in [-0.2, 0) is 4.79 Å². The molecule has 2 atom stereocenters. The summed E-state index contributed by atoms with van der Waals surface area (Å²) in [4.78, 5) is 15.0. The minimum Gasteiger partial charge on any atom is -0.476 e. The second-order valence-electron chi connectivity index (χ2n) is 6.22. The minimum atomic E-state index is -0.595. The number of rotatable bonds is 6. The van der Waals surface area contributed by atoms with Gasteiger partial charge in [-0.15, -0.1) is 0 Å². The third kappa shape index (κ3) is 3.95. The van der Waals surface area contributed by atoms with Gasteiger partial charge in [-0.05, 0) is 38.1 Å². The maximum Gasteiger partial charge on any atom is 0.268 e. The van der Waals surface area contributed by atoms with Crippen molar-refractivity contribution in [2.45, 2.75) is 12.5 Å². The number of likely N-dealkylation sites (tertiary alicyclic amines) is 1. The van der Waals surface area contributed by atoms with Crippen LogP contribution >= 0.6 is 0 Å². The van der Waals surface area contributed by atoms with Crippen molar-refractivity contribution in [3.8, 4) is 5.75 Å². The first kappa shape index (κ1) is 16.5. The lowest BCUT2D eigenvalue weighted by molar-refractivity contribution is -0.138. The molecule has 1 amide bonds. The number of hydrogen-bond acceptors (Lipinski definition) is 3. The summed E-state index contributed by atoms with van der Waals surface area (Å²) in [5, 5.41) is 3.20. The van der Waals surface area contributed by atoms with Crippen molar-refractivity contribution >= 4 is 5.91 Å². The predicted octanol–water partition coefficient (Wildman–Crippen LogP) is 2.87. The van der Waals surface area contributed by atoms with Crippen LogP contribution in [0.2, 0.25) is 0 Å². The summed E-state index contributed by atoms with van der Waals surface area (Å²) in [6.45, 7) is 2.53. The van der Waals surface area contributed by atoms with E-state index in [0.717, 1.165) is 31.6 Å². The van der Waals surface area contributed by atoms with Crippen molar-refractivity contribution < 1.29 is 9.53 Å². The van der Waals surface area contributed by atoms with Crippen molar-refractivity contribution in [3.05, 3.63) is 66.2 Å². The number of nitrogens with one attached hydrogen (secondary N) is 1. The summed E-state index contributed by atoms with van der Waals surface area (Å²) in [5.41, 5.74) is 0.892. The molecule has 1 saturated heterocycles. The van der Waals surface area contributed by atoms with Crippen LogP contribution in [0, 0.1) is 5.92 Å². The quantitative estimate of drug-likeness (QED) is 0.888. The van der Waals surface area contributed by atoms with E-state index in [2.05, 4.69) is 5.32 Å². The highest BCUT2D eigenvalue weighted by molar-refractivity contribution is 5.83. The number of carbonyl (C=O) groups excluding carboxylic acids is 1. The summed E-state index contributed by atoms with van der Waals surface area (Å²) in [7, 11) is 1.95. The lowest BCUT2D eigenvalue weighted by Gasteiger charge is -2.25. The molecule has 0 saturated carbocycles. The van der Waals surface area contributed by atoms with Gasteiger partial charge in [0.15, 0.2) is 0 Å². The summed E-state index contributed by atoms with van der Waals surface area (Å²) in [5.74, 6) is 1.28. The molecule has 4 heteroatoms. The van der Waals surface area contributed by atoms with Gasteiger partial charge in [0.05, 0.1) is 0 Å². The minimum absolute atomic E-state index is 0.0451. The molecule has 1 aliphatic rings. The van der Waals surface area contributed by atoms with E-state index in [-0.39, 0.29) is 5.91 Å². The highest BCUT2D eigenvalue weighted by Gasteiger charge is 2.32. The van der Waals surface area contributed by atoms with Gasteiger partial charge in [0, 0.05) is 18.7 Å². The lowest BCUT2D eigenvalue weighted by atomic mass is 10.1. The molecular formula is C20H24N2O2. The third-order valence-electron chi connectivity index (χ3n) is 4.41. The van der Waals surface area contributed by atoms with Crippen LogP contribution in [0.1, 0.15) is 18.1 Å². The Morgan fingerprint density at radius 3 is 2.50 bits per heavy atom. The third-order valence-corrected chi connectivity index (χ3v) is 4.41. The summed E-state index contributed by atoms with van der Waals surface area (Å²) in [6, 6.07) is 19.3. The summed E-state index contributed by atoms with van der Waals surface area (Å²) < 4.78 is 6.06. The van der Waals surface area contributed by atoms with E-state index in [9.17, 15) is 4.79 Å². The molecule has 2 unspecified atom stereocenters. The van der Waals surface area contributed by atoms with Gasteiger partial charge in [-0.3, -0.25) is 4.79 Å². The first-order valence-electron chi connectivity index (χ1n) is 8.48. The van der Waals surface area contributed by atoms with Gasteiger partial charge in [-0.1, -0.05) is 48.5 Å². The van der Waals surface area contributed by atoms with Crippen LogP contribution in [0.4, 0.5) is 0 Å². The van der Waals surface area contributed by atoms with Crippen molar-refractivity contribution in [1.82, 2.24) is 10.2 Å². The zero-order valence-electron chi connectivity index (χ0n) is 14.0. The van der Waals surface area contributed by atoms with Crippen LogP contribution in [0.5, 0.6) is 5.75 Å². The average Bonchev–Trinajstić information content (AvgIpc) is 3.10. The van der Waals surface area contributed by atoms with E-state index in [4.69, 9.17) is 4.74 Å². The normalized spacial score (nSPS) is 18.4. The van der Waals surface area contributed by atoms with Crippen LogP contribution in [0.25, 0.3) is 0 Å². The highest BCUT2D eigenvalue weighted by Crippen LogP contribution is 2.26. The average molecular weight is 324 g/mol. The second-order valence-corrected chi connectivity index (χ2v) is 6.22. The maximum absolute atomic E-state index is 13.1. The largest absolute Gasteiger partial charge is 0.476 e. The first-order valence-corrected chi connectivity index (χ1v) is 8.48. The molecule has 0 aromatic heterocycles. The maximum atomic E-state index is 13.1. The number of nitrogens with zero attached hydrogens (tertiary/aromatic N) is 1. The Labute approximate surface area is 143 Å². The molecule has 126 valence electrons. The molecule has 0 radical (unpaired) electrons. The Balaban J connectivity index is 1.78. The molecule has 1 N–H and O–H groups in total. The lowest BCUT2D eigenvalue weighted by Crippen LogP contribution is -2.36. The van der Waals surface area contributed by atoms with Gasteiger partial charge in [0.1, 0.15) is 5.75 Å². The number of benzene rings is 2. The second kappa shape index (κ2) is 7.97. The molecule has 1 heterocycles. The number of ether oxygens (including phenoxy) is 1. The van der Waals surface area contributed by atoms with Gasteiger partial charge in [-0.25, -0.2) is 0 Å². The first-order chi connectivity index (χ1) is 11.8. The fourth-order valence-electron chi connectivity index (χ4n) is 3.18. The zero-order chi connectivity index (χ0) is 16.8. The van der Waals surface area contributed by atoms with Crippen molar-refractivity contribution in [1.29, 1.82) is 0 Å². The van der Waals surface area contributed by atoms with Crippen molar-refractivity contribution in [3.63, 3.8) is 0 Å². The topological polar surface area (TPSA) is 41.6 Å². The van der Waals surface area contributed by atoms with Crippen LogP contribution in [0.3, 0.4) is 0 Å². The van der Waals surface area contributed by atoms with E-state index >= 15 is 0 Å². The Hall–Kier alpha value is -2.33.